The molecule has 1 saturated carbocycles. The quantitative estimate of drug-likeness (QED) is 0.790. The number of nitrogens with two attached hydrogens (primary N) is 1. The lowest BCUT2D eigenvalue weighted by Gasteiger charge is -2.25. The van der Waals surface area contributed by atoms with Gasteiger partial charge in [-0.05, 0) is 38.3 Å². The molecule has 0 bridgehead atoms. The van der Waals surface area contributed by atoms with Gasteiger partial charge < -0.3 is 16.4 Å². The lowest BCUT2D eigenvalue weighted by Crippen LogP contribution is -2.26. The number of hydrogen-bond donors (Lipinski definition) is 3. The van der Waals surface area contributed by atoms with Crippen LogP contribution in [0.1, 0.15) is 38.7 Å². The van der Waals surface area contributed by atoms with Crippen molar-refractivity contribution in [1.29, 1.82) is 0 Å². The van der Waals surface area contributed by atoms with Crippen molar-refractivity contribution in [3.63, 3.8) is 0 Å². The van der Waals surface area contributed by atoms with Crippen LogP contribution in [-0.4, -0.2) is 16.9 Å². The van der Waals surface area contributed by atoms with E-state index in [0.29, 0.717) is 23.3 Å². The van der Waals surface area contributed by atoms with Gasteiger partial charge in [-0.2, -0.15) is 0 Å². The SMILES string of the molecule is Cc1ccc(CNC(=O)c2sc(NC3CCC3)nc2N)s1. The van der Waals surface area contributed by atoms with Crippen LogP contribution in [0.25, 0.3) is 0 Å². The summed E-state index contributed by atoms with van der Waals surface area (Å²) < 4.78 is 0. The van der Waals surface area contributed by atoms with Gasteiger partial charge in [0.15, 0.2) is 5.13 Å². The van der Waals surface area contributed by atoms with Crippen LogP contribution in [0.15, 0.2) is 12.1 Å². The summed E-state index contributed by atoms with van der Waals surface area (Å²) in [4.78, 5) is 19.3. The summed E-state index contributed by atoms with van der Waals surface area (Å²) >= 11 is 3.01. The Morgan fingerprint density at radius 3 is 2.86 bits per heavy atom. The molecule has 1 aliphatic rings. The zero-order chi connectivity index (χ0) is 14.8. The van der Waals surface area contributed by atoms with Gasteiger partial charge in [-0.15, -0.1) is 11.3 Å². The van der Waals surface area contributed by atoms with Gasteiger partial charge in [-0.25, -0.2) is 4.98 Å². The van der Waals surface area contributed by atoms with Gasteiger partial charge in [0, 0.05) is 15.8 Å². The Morgan fingerprint density at radius 2 is 2.24 bits per heavy atom. The number of thiazole rings is 1. The van der Waals surface area contributed by atoms with Crippen LogP contribution in [0.2, 0.25) is 0 Å². The molecule has 7 heteroatoms. The molecule has 112 valence electrons. The minimum absolute atomic E-state index is 0.155. The van der Waals surface area contributed by atoms with Crippen molar-refractivity contribution in [3.05, 3.63) is 26.8 Å². The van der Waals surface area contributed by atoms with Gasteiger partial charge >= 0.3 is 0 Å². The largest absolute Gasteiger partial charge is 0.382 e. The third kappa shape index (κ3) is 3.36. The monoisotopic (exact) mass is 322 g/mol. The van der Waals surface area contributed by atoms with Gasteiger partial charge in [0.2, 0.25) is 0 Å². The molecule has 0 atom stereocenters. The number of anilines is 2. The highest BCUT2D eigenvalue weighted by Crippen LogP contribution is 2.29. The predicted octanol–water partition coefficient (Wildman–Crippen LogP) is 2.99. The molecule has 5 nitrogen and oxygen atoms in total. The van der Waals surface area contributed by atoms with Gasteiger partial charge in [-0.3, -0.25) is 4.79 Å². The second-order valence-corrected chi connectivity index (χ2v) is 7.57. The molecule has 0 aliphatic heterocycles. The fourth-order valence-corrected chi connectivity index (χ4v) is 3.82. The number of rotatable bonds is 5. The Kier molecular flexibility index (Phi) is 4.12. The number of carbonyl (C=O) groups excluding carboxylic acids is 1. The smallest absolute Gasteiger partial charge is 0.265 e. The number of amides is 1. The molecule has 21 heavy (non-hydrogen) atoms. The first-order valence-corrected chi connectivity index (χ1v) is 8.61. The van der Waals surface area contributed by atoms with Crippen molar-refractivity contribution in [1.82, 2.24) is 10.3 Å². The number of aromatic nitrogens is 1. The first-order chi connectivity index (χ1) is 10.1. The van der Waals surface area contributed by atoms with Crippen LogP contribution in [0.3, 0.4) is 0 Å². The summed E-state index contributed by atoms with van der Waals surface area (Å²) in [6.07, 6.45) is 3.59. The molecule has 2 aromatic heterocycles. The Hall–Kier alpha value is -1.60. The molecule has 2 heterocycles. The molecule has 0 unspecified atom stereocenters. The normalized spacial score (nSPS) is 14.7. The number of thiophene rings is 1. The first-order valence-electron chi connectivity index (χ1n) is 6.98. The van der Waals surface area contributed by atoms with E-state index >= 15 is 0 Å². The van der Waals surface area contributed by atoms with Gasteiger partial charge in [0.05, 0.1) is 6.54 Å². The lowest BCUT2D eigenvalue weighted by molar-refractivity contribution is 0.0956. The minimum atomic E-state index is -0.155. The standard InChI is InChI=1S/C14H18N4OS2/c1-8-5-6-10(20-8)7-16-13(19)11-12(15)18-14(21-11)17-9-3-2-4-9/h5-6,9H,2-4,7,15H2,1H3,(H,16,19)(H,17,18). The van der Waals surface area contributed by atoms with Crippen LogP contribution in [0.4, 0.5) is 10.9 Å². The van der Waals surface area contributed by atoms with E-state index in [1.165, 1.54) is 35.5 Å². The molecule has 4 N–H and O–H groups in total. The molecule has 0 spiro atoms. The fourth-order valence-electron chi connectivity index (χ4n) is 2.11. The predicted molar refractivity (Wildman–Crippen MR) is 88.0 cm³/mol. The highest BCUT2D eigenvalue weighted by atomic mass is 32.1. The van der Waals surface area contributed by atoms with E-state index in [4.69, 9.17) is 5.73 Å². The second-order valence-electron chi connectivity index (χ2n) is 5.20. The summed E-state index contributed by atoms with van der Waals surface area (Å²) in [5.41, 5.74) is 5.85. The van der Waals surface area contributed by atoms with Crippen LogP contribution < -0.4 is 16.4 Å². The summed E-state index contributed by atoms with van der Waals surface area (Å²) in [7, 11) is 0. The van der Waals surface area contributed by atoms with E-state index < -0.39 is 0 Å². The Bertz CT molecular complexity index is 645. The molecule has 3 rings (SSSR count). The van der Waals surface area contributed by atoms with Crippen LogP contribution >= 0.6 is 22.7 Å². The van der Waals surface area contributed by atoms with Gasteiger partial charge in [0.25, 0.3) is 5.91 Å². The third-order valence-electron chi connectivity index (χ3n) is 3.51. The molecule has 0 saturated heterocycles. The molecule has 1 fully saturated rings. The van der Waals surface area contributed by atoms with E-state index in [2.05, 4.69) is 22.5 Å². The van der Waals surface area contributed by atoms with Crippen molar-refractivity contribution in [3.8, 4) is 0 Å². The maximum atomic E-state index is 12.2. The topological polar surface area (TPSA) is 80.0 Å². The summed E-state index contributed by atoms with van der Waals surface area (Å²) in [5.74, 6) is 0.152. The second kappa shape index (κ2) is 6.03. The van der Waals surface area contributed by atoms with E-state index in [1.807, 2.05) is 12.1 Å². The molecular weight excluding hydrogens is 304 g/mol. The molecule has 2 aromatic rings. The van der Waals surface area contributed by atoms with Crippen molar-refractivity contribution < 1.29 is 4.79 Å². The lowest BCUT2D eigenvalue weighted by atomic mass is 9.93. The van der Waals surface area contributed by atoms with Crippen LogP contribution in [0.5, 0.6) is 0 Å². The number of nitrogens with one attached hydrogen (secondary N) is 2. The minimum Gasteiger partial charge on any atom is -0.382 e. The molecule has 1 aliphatic carbocycles. The Labute approximate surface area is 131 Å². The number of nitrogens with zero attached hydrogens (tertiary/aromatic N) is 1. The average molecular weight is 322 g/mol. The van der Waals surface area contributed by atoms with Crippen LogP contribution in [-0.2, 0) is 6.54 Å². The van der Waals surface area contributed by atoms with Crippen molar-refractivity contribution in [2.75, 3.05) is 11.1 Å². The maximum absolute atomic E-state index is 12.2. The average Bonchev–Trinajstić information content (AvgIpc) is 2.97. The number of carbonyl (C=O) groups is 1. The van der Waals surface area contributed by atoms with Crippen molar-refractivity contribution >= 4 is 39.5 Å². The zero-order valence-corrected chi connectivity index (χ0v) is 13.4. The van der Waals surface area contributed by atoms with Crippen molar-refractivity contribution in [2.45, 2.75) is 38.8 Å². The van der Waals surface area contributed by atoms with Crippen molar-refractivity contribution in [2.24, 2.45) is 0 Å². The first kappa shape index (κ1) is 14.3. The molecule has 0 aromatic carbocycles. The molecular formula is C14H18N4OS2. The number of hydrogen-bond acceptors (Lipinski definition) is 6. The highest BCUT2D eigenvalue weighted by molar-refractivity contribution is 7.18. The highest BCUT2D eigenvalue weighted by Gasteiger charge is 2.21. The zero-order valence-electron chi connectivity index (χ0n) is 11.8. The Morgan fingerprint density at radius 1 is 1.43 bits per heavy atom. The van der Waals surface area contributed by atoms with Gasteiger partial charge in [-0.1, -0.05) is 11.3 Å². The van der Waals surface area contributed by atoms with E-state index in [1.54, 1.807) is 11.3 Å². The van der Waals surface area contributed by atoms with E-state index in [9.17, 15) is 4.79 Å². The molecule has 1 amide bonds. The Balaban J connectivity index is 1.60. The van der Waals surface area contributed by atoms with Gasteiger partial charge in [0.1, 0.15) is 10.7 Å². The number of nitrogen functional groups attached to an aromatic ring is 1. The van der Waals surface area contributed by atoms with E-state index in [-0.39, 0.29) is 5.91 Å². The maximum Gasteiger partial charge on any atom is 0.265 e. The summed E-state index contributed by atoms with van der Waals surface area (Å²) in [5, 5.41) is 6.96. The van der Waals surface area contributed by atoms with Crippen LogP contribution in [0, 0.1) is 6.92 Å². The summed E-state index contributed by atoms with van der Waals surface area (Å²) in [6, 6.07) is 4.56. The molecule has 0 radical (unpaired) electrons. The summed E-state index contributed by atoms with van der Waals surface area (Å²) in [6.45, 7) is 2.58. The number of aryl methyl sites for hydroxylation is 1. The van der Waals surface area contributed by atoms with E-state index in [0.717, 1.165) is 10.0 Å². The fraction of sp³-hybridized carbons (Fsp3) is 0.429. The third-order valence-corrected chi connectivity index (χ3v) is 5.51.